The molecule has 0 amide bonds. The zero-order chi connectivity index (χ0) is 88.8. The summed E-state index contributed by atoms with van der Waals surface area (Å²) in [6.07, 6.45) is -29.6. The predicted octanol–water partition coefficient (Wildman–Crippen LogP) is 25.1. The molecule has 0 spiro atoms. The van der Waals surface area contributed by atoms with E-state index in [0.29, 0.717) is 70.5 Å². The second kappa shape index (κ2) is 35.6. The van der Waals surface area contributed by atoms with Crippen LogP contribution in [0.1, 0.15) is 33.4 Å². The van der Waals surface area contributed by atoms with Crippen molar-refractivity contribution in [3.8, 4) is 56.8 Å². The van der Waals surface area contributed by atoms with Gasteiger partial charge in [0.25, 0.3) is 0 Å². The van der Waals surface area contributed by atoms with Gasteiger partial charge in [0.15, 0.2) is 6.54 Å². The van der Waals surface area contributed by atoms with Gasteiger partial charge in [-0.15, -0.1) is 0 Å². The fourth-order valence-electron chi connectivity index (χ4n) is 14.2. The SMILES string of the molecule is FC(F)(F)c1cccc(OCC(COc2cccc(C(F)(F)F)c2)(COc2cccc(C(F)(F)F)c2)Cn2nc3c(-c4ccc(N(c5ccccc5)c5ccccc5)cc4)c4n[n+](CC(COc5cccc(C(F)(F)F)c5)(COc5cccc(C(F)(F)F)c5)COc5cccc(C(F)(F)F)c5)[n-]c4c(-c4ccc(N(c5ccccc5)c5ccccc5)cc4)c3n2)c1. The van der Waals surface area contributed by atoms with Gasteiger partial charge in [0.05, 0.1) is 45.3 Å². The first-order chi connectivity index (χ1) is 60.1. The van der Waals surface area contributed by atoms with Crippen molar-refractivity contribution in [3.05, 3.63) is 349 Å². The van der Waals surface area contributed by atoms with Crippen LogP contribution in [-0.2, 0) is 50.1 Å². The van der Waals surface area contributed by atoms with Gasteiger partial charge in [-0.05, 0) is 193 Å². The molecule has 0 bridgehead atoms. The van der Waals surface area contributed by atoms with Crippen LogP contribution in [0, 0.1) is 10.8 Å². The molecule has 0 radical (unpaired) electrons. The Morgan fingerprint density at radius 1 is 0.270 bits per heavy atom. The first-order valence-electron chi connectivity index (χ1n) is 38.6. The van der Waals surface area contributed by atoms with Gasteiger partial charge in [-0.1, -0.05) is 133 Å². The molecule has 0 unspecified atom stereocenters. The fourth-order valence-corrected chi connectivity index (χ4v) is 14.2. The van der Waals surface area contributed by atoms with Crippen LogP contribution < -0.4 is 48.1 Å². The third-order valence-corrected chi connectivity index (χ3v) is 20.3. The quantitative estimate of drug-likeness (QED) is 0.0314. The van der Waals surface area contributed by atoms with E-state index in [0.717, 1.165) is 82.4 Å². The molecule has 126 heavy (non-hydrogen) atoms. The lowest BCUT2D eigenvalue weighted by atomic mass is 9.90. The number of anilines is 6. The highest BCUT2D eigenvalue weighted by atomic mass is 19.4. The van der Waals surface area contributed by atoms with Gasteiger partial charge in [0.1, 0.15) is 90.6 Å². The summed E-state index contributed by atoms with van der Waals surface area (Å²) >= 11 is 0. The van der Waals surface area contributed by atoms with Gasteiger partial charge in [-0.25, -0.2) is 0 Å². The Morgan fingerprint density at radius 2 is 0.516 bits per heavy atom. The van der Waals surface area contributed by atoms with Crippen LogP contribution in [0.25, 0.3) is 44.3 Å². The number of alkyl halides is 18. The van der Waals surface area contributed by atoms with Crippen LogP contribution in [0.5, 0.6) is 34.5 Å². The molecule has 646 valence electrons. The number of aromatic nitrogens is 6. The number of para-hydroxylation sites is 4. The number of hydrogen-bond acceptors (Lipinski definition) is 11. The standard InChI is InChI=1S/C94H68F18N8O6/c95-89(96,97)63-19-13-33-75(47-63)121-55-87(56-122-76-34-14-20-64(48-76)90(98,99)100,57-123-77-35-15-21-65(49-77)91(101,102)103)53-117-113-83-81(61-39-43-73(44-40-61)119(69-25-5-1-6-26-69)70-27-7-2-8-28-70)84-86(82(85(83)115-117)62-41-45-74(46-42-62)120(71-29-9-3-10-30-71)72-31-11-4-12-32-72)116-118(114-84)54-88(58-124-78-36-16-22-66(50-78)92(104,105)106,59-125-79-37-17-23-67(51-79)93(107,108)109)60-126-80-38-18-24-68(52-80)94(110,111)112/h1-52H,53-60H2. The lowest BCUT2D eigenvalue weighted by Gasteiger charge is -2.33. The van der Waals surface area contributed by atoms with E-state index < -0.39 is 168 Å². The minimum Gasteiger partial charge on any atom is -0.493 e. The molecule has 13 aromatic carbocycles. The molecule has 0 saturated heterocycles. The third kappa shape index (κ3) is 20.5. The van der Waals surface area contributed by atoms with Crippen LogP contribution in [0.2, 0.25) is 0 Å². The molecule has 14 nitrogen and oxygen atoms in total. The predicted molar refractivity (Wildman–Crippen MR) is 433 cm³/mol. The summed E-state index contributed by atoms with van der Waals surface area (Å²) in [4.78, 5) is 6.08. The van der Waals surface area contributed by atoms with E-state index in [1.54, 1.807) is 48.5 Å². The van der Waals surface area contributed by atoms with Crippen LogP contribution in [0.4, 0.5) is 113 Å². The van der Waals surface area contributed by atoms with Crippen LogP contribution in [0.3, 0.4) is 0 Å². The summed E-state index contributed by atoms with van der Waals surface area (Å²) in [6, 6.07) is 72.6. The average Bonchev–Trinajstić information content (AvgIpc) is 1.55. The highest BCUT2D eigenvalue weighted by Crippen LogP contribution is 2.47. The van der Waals surface area contributed by atoms with E-state index in [9.17, 15) is 79.0 Å². The summed E-state index contributed by atoms with van der Waals surface area (Å²) in [5.41, 5.74) is -6.54. The maximum atomic E-state index is 14.6. The molecule has 0 N–H and O–H groups in total. The van der Waals surface area contributed by atoms with Gasteiger partial charge in [0.2, 0.25) is 0 Å². The van der Waals surface area contributed by atoms with Crippen molar-refractivity contribution >= 4 is 56.2 Å². The zero-order valence-electron chi connectivity index (χ0n) is 65.5. The topological polar surface area (TPSA) is 123 Å². The van der Waals surface area contributed by atoms with Gasteiger partial charge in [0, 0.05) is 56.3 Å². The molecule has 2 aromatic heterocycles. The normalized spacial score (nSPS) is 12.5. The molecular formula is C94H68F18N8O6. The average molecular weight is 1750 g/mol. The smallest absolute Gasteiger partial charge is 0.416 e. The summed E-state index contributed by atoms with van der Waals surface area (Å²) < 4.78 is 300. The highest BCUT2D eigenvalue weighted by molar-refractivity contribution is 6.16. The minimum atomic E-state index is -4.94. The van der Waals surface area contributed by atoms with E-state index in [1.165, 1.54) is 36.4 Å². The van der Waals surface area contributed by atoms with Crippen molar-refractivity contribution in [1.29, 1.82) is 0 Å². The van der Waals surface area contributed by atoms with Gasteiger partial charge >= 0.3 is 37.1 Å². The number of ether oxygens (including phenoxy) is 6. The number of nitrogens with zero attached hydrogens (tertiary/aromatic N) is 8. The summed E-state index contributed by atoms with van der Waals surface area (Å²) in [7, 11) is 0. The largest absolute Gasteiger partial charge is 0.493 e. The molecule has 15 aromatic rings. The minimum absolute atomic E-state index is 0.0512. The van der Waals surface area contributed by atoms with E-state index >= 15 is 0 Å². The number of fused-ring (bicyclic) bond motifs is 2. The van der Waals surface area contributed by atoms with Gasteiger partial charge in [-0.3, -0.25) is 0 Å². The molecular weight excluding hydrogens is 1680 g/mol. The van der Waals surface area contributed by atoms with Crippen LogP contribution in [-0.4, -0.2) is 59.7 Å². The third-order valence-electron chi connectivity index (χ3n) is 20.3. The molecule has 0 fully saturated rings. The van der Waals surface area contributed by atoms with Crippen molar-refractivity contribution < 1.29 is 112 Å². The van der Waals surface area contributed by atoms with Crippen molar-refractivity contribution in [1.82, 2.24) is 25.2 Å². The summed E-state index contributed by atoms with van der Waals surface area (Å²) in [6.45, 7) is -6.33. The molecule has 0 aliphatic heterocycles. The first kappa shape index (κ1) is 86.7. The van der Waals surface area contributed by atoms with Crippen molar-refractivity contribution in [3.63, 3.8) is 0 Å². The van der Waals surface area contributed by atoms with Crippen molar-refractivity contribution in [2.45, 2.75) is 50.1 Å². The Hall–Kier alpha value is -14.2. The van der Waals surface area contributed by atoms with Crippen LogP contribution in [0.15, 0.2) is 315 Å². The van der Waals surface area contributed by atoms with E-state index in [2.05, 4.69) is 0 Å². The second-order valence-corrected chi connectivity index (χ2v) is 29.6. The Bertz CT molecular complexity index is 5450. The van der Waals surface area contributed by atoms with Gasteiger partial charge in [-0.2, -0.15) is 109 Å². The second-order valence-electron chi connectivity index (χ2n) is 29.6. The van der Waals surface area contributed by atoms with Crippen molar-refractivity contribution in [2.75, 3.05) is 49.4 Å². The Balaban J connectivity index is 0.985. The molecule has 2 heterocycles. The highest BCUT2D eigenvalue weighted by Gasteiger charge is 2.44. The number of rotatable bonds is 30. The monoisotopic (exact) mass is 1750 g/mol. The Labute approximate surface area is 706 Å². The maximum Gasteiger partial charge on any atom is 0.416 e. The molecule has 15 rings (SSSR count). The Morgan fingerprint density at radius 3 is 0.786 bits per heavy atom. The molecule has 0 aliphatic carbocycles. The lowest BCUT2D eigenvalue weighted by molar-refractivity contribution is -0.814. The number of benzene rings is 13. The van der Waals surface area contributed by atoms with Gasteiger partial charge < -0.3 is 38.2 Å². The van der Waals surface area contributed by atoms with Crippen LogP contribution >= 0.6 is 0 Å². The summed E-state index contributed by atoms with van der Waals surface area (Å²) in [5.74, 6) is -2.51. The number of halogens is 18. The van der Waals surface area contributed by atoms with Crippen molar-refractivity contribution in [2.24, 2.45) is 10.8 Å². The van der Waals surface area contributed by atoms with E-state index in [-0.39, 0.29) is 44.3 Å². The molecule has 0 saturated carbocycles. The summed E-state index contributed by atoms with van der Waals surface area (Å²) in [5, 5.41) is 20.9. The zero-order valence-corrected chi connectivity index (χ0v) is 65.5. The Kier molecular flexibility index (Phi) is 24.5. The maximum absolute atomic E-state index is 14.6. The molecule has 32 heteroatoms. The first-order valence-corrected chi connectivity index (χ1v) is 38.6. The van der Waals surface area contributed by atoms with E-state index in [1.807, 2.05) is 131 Å². The van der Waals surface area contributed by atoms with E-state index in [4.69, 9.17) is 48.8 Å². The molecule has 0 atom stereocenters. The fraction of sp³-hybridized carbons (Fsp3) is 0.170. The molecule has 0 aliphatic rings. The lowest BCUT2D eigenvalue weighted by Crippen LogP contribution is -2.55. The number of hydrogen-bond donors (Lipinski definition) is 0.